The predicted molar refractivity (Wildman–Crippen MR) is 74.4 cm³/mol. The lowest BCUT2D eigenvalue weighted by Gasteiger charge is -2.28. The van der Waals surface area contributed by atoms with Gasteiger partial charge in [-0.25, -0.2) is 0 Å². The van der Waals surface area contributed by atoms with Crippen molar-refractivity contribution < 1.29 is 4.21 Å². The van der Waals surface area contributed by atoms with Gasteiger partial charge >= 0.3 is 0 Å². The summed E-state index contributed by atoms with van der Waals surface area (Å²) in [6.45, 7) is 2.29. The third-order valence-corrected chi connectivity index (χ3v) is 6.51. The van der Waals surface area contributed by atoms with Crippen LogP contribution in [0, 0.1) is 11.8 Å². The van der Waals surface area contributed by atoms with E-state index in [0.717, 1.165) is 24.5 Å². The zero-order valence-electron chi connectivity index (χ0n) is 11.1. The van der Waals surface area contributed by atoms with Gasteiger partial charge in [-0.2, -0.15) is 0 Å². The summed E-state index contributed by atoms with van der Waals surface area (Å²) in [7, 11) is -0.678. The molecular weight excluding hydrogens is 230 g/mol. The molecule has 0 spiro atoms. The molecule has 0 aliphatic heterocycles. The van der Waals surface area contributed by atoms with Crippen LogP contribution in [0.3, 0.4) is 0 Å². The van der Waals surface area contributed by atoms with Crippen LogP contribution in [0.4, 0.5) is 0 Å². The van der Waals surface area contributed by atoms with Crippen molar-refractivity contribution in [3.63, 3.8) is 0 Å². The van der Waals surface area contributed by atoms with Crippen LogP contribution in [0.2, 0.25) is 0 Å². The van der Waals surface area contributed by atoms with Gasteiger partial charge in [0.2, 0.25) is 0 Å². The number of nitrogens with two attached hydrogens (primary N) is 1. The summed E-state index contributed by atoms with van der Waals surface area (Å²) >= 11 is 0. The van der Waals surface area contributed by atoms with E-state index in [1.54, 1.807) is 0 Å². The van der Waals surface area contributed by atoms with Crippen molar-refractivity contribution in [1.82, 2.24) is 0 Å². The molecule has 4 unspecified atom stereocenters. The number of rotatable bonds is 4. The van der Waals surface area contributed by atoms with E-state index in [0.29, 0.717) is 11.2 Å². The molecule has 2 saturated carbocycles. The smallest absolute Gasteiger partial charge is 0.0392 e. The molecule has 2 rings (SSSR count). The first-order valence-corrected chi connectivity index (χ1v) is 8.67. The molecular formula is C14H27NOS. The van der Waals surface area contributed by atoms with Crippen molar-refractivity contribution in [3.8, 4) is 0 Å². The van der Waals surface area contributed by atoms with Crippen LogP contribution < -0.4 is 5.73 Å². The third kappa shape index (κ3) is 3.78. The normalized spacial score (nSPS) is 34.7. The Morgan fingerprint density at radius 3 is 2.53 bits per heavy atom. The maximum absolute atomic E-state index is 12.3. The van der Waals surface area contributed by atoms with E-state index in [-0.39, 0.29) is 6.04 Å². The monoisotopic (exact) mass is 257 g/mol. The minimum absolute atomic E-state index is 0.190. The fourth-order valence-corrected chi connectivity index (χ4v) is 5.36. The van der Waals surface area contributed by atoms with Gasteiger partial charge in [-0.15, -0.1) is 0 Å². The maximum atomic E-state index is 12.3. The average molecular weight is 257 g/mol. The molecule has 0 radical (unpaired) electrons. The van der Waals surface area contributed by atoms with Crippen molar-refractivity contribution >= 4 is 10.8 Å². The van der Waals surface area contributed by atoms with Crippen molar-refractivity contribution in [3.05, 3.63) is 0 Å². The lowest BCUT2D eigenvalue weighted by molar-refractivity contribution is 0.387. The zero-order valence-corrected chi connectivity index (χ0v) is 11.9. The second kappa shape index (κ2) is 6.33. The second-order valence-electron chi connectivity index (χ2n) is 6.15. The average Bonchev–Trinajstić information content (AvgIpc) is 2.82. The van der Waals surface area contributed by atoms with E-state index in [1.165, 1.54) is 38.5 Å². The highest BCUT2D eigenvalue weighted by Gasteiger charge is 2.28. The lowest BCUT2D eigenvalue weighted by Crippen LogP contribution is -2.37. The summed E-state index contributed by atoms with van der Waals surface area (Å²) < 4.78 is 12.3. The van der Waals surface area contributed by atoms with Crippen molar-refractivity contribution in [2.75, 3.05) is 5.75 Å². The molecule has 100 valence electrons. The maximum Gasteiger partial charge on any atom is 0.0392 e. The molecule has 0 aromatic heterocycles. The quantitative estimate of drug-likeness (QED) is 0.841. The molecule has 0 bridgehead atoms. The summed E-state index contributed by atoms with van der Waals surface area (Å²) in [6, 6.07) is 0.190. The van der Waals surface area contributed by atoms with Gasteiger partial charge in [0.15, 0.2) is 0 Å². The largest absolute Gasteiger partial charge is 0.327 e. The van der Waals surface area contributed by atoms with Crippen LogP contribution in [0.15, 0.2) is 0 Å². The minimum Gasteiger partial charge on any atom is -0.327 e. The van der Waals surface area contributed by atoms with Crippen LogP contribution in [0.5, 0.6) is 0 Å². The molecule has 0 saturated heterocycles. The summed E-state index contributed by atoms with van der Waals surface area (Å²) in [5.41, 5.74) is 6.23. The van der Waals surface area contributed by atoms with Crippen LogP contribution in [-0.2, 0) is 10.8 Å². The van der Waals surface area contributed by atoms with Gasteiger partial charge in [0, 0.05) is 27.8 Å². The van der Waals surface area contributed by atoms with Crippen LogP contribution >= 0.6 is 0 Å². The predicted octanol–water partition coefficient (Wildman–Crippen LogP) is 2.83. The first kappa shape index (κ1) is 13.5. The van der Waals surface area contributed by atoms with Gasteiger partial charge in [-0.05, 0) is 37.5 Å². The highest BCUT2D eigenvalue weighted by atomic mass is 32.2. The molecule has 17 heavy (non-hydrogen) atoms. The molecule has 0 amide bonds. The van der Waals surface area contributed by atoms with Crippen LogP contribution in [0.1, 0.15) is 58.3 Å². The summed E-state index contributed by atoms with van der Waals surface area (Å²) in [5.74, 6) is 2.17. The van der Waals surface area contributed by atoms with Crippen LogP contribution in [0.25, 0.3) is 0 Å². The number of hydrogen-bond donors (Lipinski definition) is 1. The lowest BCUT2D eigenvalue weighted by atomic mass is 9.91. The van der Waals surface area contributed by atoms with Gasteiger partial charge in [-0.3, -0.25) is 4.21 Å². The Hall–Kier alpha value is 0.110. The standard InChI is InChI=1S/C14H27NOS/c1-11-5-4-8-13(9-11)17(16)10-14(15)12-6-2-3-7-12/h11-14H,2-10,15H2,1H3. The van der Waals surface area contributed by atoms with Gasteiger partial charge in [0.1, 0.15) is 0 Å². The summed E-state index contributed by atoms with van der Waals surface area (Å²) in [5, 5.41) is 0.436. The van der Waals surface area contributed by atoms with Crippen molar-refractivity contribution in [1.29, 1.82) is 0 Å². The molecule has 2 fully saturated rings. The molecule has 2 nitrogen and oxygen atoms in total. The van der Waals surface area contributed by atoms with Crippen molar-refractivity contribution in [2.45, 2.75) is 69.6 Å². The Morgan fingerprint density at radius 1 is 1.18 bits per heavy atom. The summed E-state index contributed by atoms with van der Waals surface area (Å²) in [6.07, 6.45) is 10.1. The molecule has 4 atom stereocenters. The van der Waals surface area contributed by atoms with Gasteiger partial charge < -0.3 is 5.73 Å². The Balaban J connectivity index is 1.79. The second-order valence-corrected chi connectivity index (χ2v) is 7.91. The van der Waals surface area contributed by atoms with Crippen molar-refractivity contribution in [2.24, 2.45) is 17.6 Å². The molecule has 2 aliphatic carbocycles. The molecule has 2 N–H and O–H groups in total. The van der Waals surface area contributed by atoms with E-state index in [1.807, 2.05) is 0 Å². The topological polar surface area (TPSA) is 43.1 Å². The van der Waals surface area contributed by atoms with E-state index in [9.17, 15) is 4.21 Å². The SMILES string of the molecule is CC1CCCC(S(=O)CC(N)C2CCCC2)C1. The molecule has 0 aromatic rings. The Bertz CT molecular complexity index is 263. The Morgan fingerprint density at radius 2 is 1.88 bits per heavy atom. The van der Waals surface area contributed by atoms with E-state index < -0.39 is 10.8 Å². The van der Waals surface area contributed by atoms with Gasteiger partial charge in [0.25, 0.3) is 0 Å². The first-order valence-electron chi connectivity index (χ1n) is 7.29. The fraction of sp³-hybridized carbons (Fsp3) is 1.00. The molecule has 0 heterocycles. The molecule has 0 aromatic carbocycles. The first-order chi connectivity index (χ1) is 8.16. The van der Waals surface area contributed by atoms with E-state index >= 15 is 0 Å². The molecule has 2 aliphatic rings. The van der Waals surface area contributed by atoms with Gasteiger partial charge in [-0.1, -0.05) is 32.6 Å². The third-order valence-electron chi connectivity index (χ3n) is 4.62. The van der Waals surface area contributed by atoms with Gasteiger partial charge in [0.05, 0.1) is 0 Å². The minimum atomic E-state index is -0.678. The Kier molecular flexibility index (Phi) is 5.04. The highest BCUT2D eigenvalue weighted by molar-refractivity contribution is 7.85. The van der Waals surface area contributed by atoms with E-state index in [4.69, 9.17) is 5.73 Å². The fourth-order valence-electron chi connectivity index (χ4n) is 3.46. The van der Waals surface area contributed by atoms with Crippen LogP contribution in [-0.4, -0.2) is 21.3 Å². The Labute approximate surface area is 108 Å². The number of hydrogen-bond acceptors (Lipinski definition) is 2. The van der Waals surface area contributed by atoms with E-state index in [2.05, 4.69) is 6.92 Å². The zero-order chi connectivity index (χ0) is 12.3. The molecule has 3 heteroatoms. The highest BCUT2D eigenvalue weighted by Crippen LogP contribution is 2.30. The summed E-state index contributed by atoms with van der Waals surface area (Å²) in [4.78, 5) is 0.